The van der Waals surface area contributed by atoms with Crippen molar-refractivity contribution in [3.05, 3.63) is 53.8 Å². The summed E-state index contributed by atoms with van der Waals surface area (Å²) in [5.41, 5.74) is 0.935. The van der Waals surface area contributed by atoms with Gasteiger partial charge in [0.2, 0.25) is 11.8 Å². The van der Waals surface area contributed by atoms with Crippen molar-refractivity contribution in [2.75, 3.05) is 18.4 Å². The third-order valence-corrected chi connectivity index (χ3v) is 3.25. The van der Waals surface area contributed by atoms with Crippen molar-refractivity contribution >= 4 is 23.7 Å². The van der Waals surface area contributed by atoms with Crippen molar-refractivity contribution in [1.29, 1.82) is 0 Å². The Hall–Kier alpha value is -2.89. The lowest BCUT2D eigenvalue weighted by Crippen LogP contribution is -2.37. The van der Waals surface area contributed by atoms with Crippen molar-refractivity contribution in [3.8, 4) is 0 Å². The average Bonchev–Trinajstić information content (AvgIpc) is 2.98. The van der Waals surface area contributed by atoms with Crippen LogP contribution in [0.1, 0.15) is 24.7 Å². The van der Waals surface area contributed by atoms with Gasteiger partial charge in [-0.2, -0.15) is 0 Å². The number of nitrogens with zero attached hydrogens (tertiary/aromatic N) is 2. The van der Waals surface area contributed by atoms with Gasteiger partial charge in [0, 0.05) is 18.7 Å². The molecule has 0 bridgehead atoms. The lowest BCUT2D eigenvalue weighted by Gasteiger charge is -2.19. The molecule has 0 atom stereocenters. The molecule has 2 rings (SSSR count). The van der Waals surface area contributed by atoms with Crippen LogP contribution in [0.15, 0.2) is 47.0 Å². The summed E-state index contributed by atoms with van der Waals surface area (Å²) < 4.78 is 4.90. The van der Waals surface area contributed by atoms with Gasteiger partial charge in [0.1, 0.15) is 12.3 Å². The molecule has 0 saturated heterocycles. The van der Waals surface area contributed by atoms with E-state index in [1.54, 1.807) is 19.1 Å². The van der Waals surface area contributed by atoms with Crippen LogP contribution < -0.4 is 5.32 Å². The Kier molecular flexibility index (Phi) is 6.31. The summed E-state index contributed by atoms with van der Waals surface area (Å²) in [4.78, 5) is 25.9. The number of amides is 2. The van der Waals surface area contributed by atoms with Gasteiger partial charge in [-0.3, -0.25) is 9.59 Å². The van der Waals surface area contributed by atoms with Gasteiger partial charge in [0.15, 0.2) is 5.82 Å². The van der Waals surface area contributed by atoms with Crippen LogP contribution in [0.5, 0.6) is 0 Å². The summed E-state index contributed by atoms with van der Waals surface area (Å²) in [5, 5.41) is 6.32. The van der Waals surface area contributed by atoms with Gasteiger partial charge < -0.3 is 14.7 Å². The van der Waals surface area contributed by atoms with Crippen LogP contribution in [0.3, 0.4) is 0 Å². The Labute approximate surface area is 141 Å². The van der Waals surface area contributed by atoms with Crippen LogP contribution in [-0.4, -0.2) is 35.0 Å². The molecule has 2 aromatic rings. The van der Waals surface area contributed by atoms with Gasteiger partial charge in [0.05, 0.1) is 0 Å². The Morgan fingerprint density at radius 1 is 1.29 bits per heavy atom. The average molecular weight is 327 g/mol. The van der Waals surface area contributed by atoms with E-state index in [0.29, 0.717) is 18.1 Å². The zero-order valence-electron chi connectivity index (χ0n) is 13.9. The number of rotatable bonds is 7. The molecular weight excluding hydrogens is 306 g/mol. The minimum atomic E-state index is -0.307. The fourth-order valence-electron chi connectivity index (χ4n) is 2.16. The highest BCUT2D eigenvalue weighted by atomic mass is 16.5. The monoisotopic (exact) mass is 327 g/mol. The predicted octanol–water partition coefficient (Wildman–Crippen LogP) is 2.87. The van der Waals surface area contributed by atoms with Crippen molar-refractivity contribution in [1.82, 2.24) is 10.1 Å². The van der Waals surface area contributed by atoms with E-state index in [4.69, 9.17) is 4.52 Å². The fraction of sp³-hybridized carbons (Fsp3) is 0.278. The van der Waals surface area contributed by atoms with Crippen molar-refractivity contribution in [2.45, 2.75) is 20.3 Å². The first-order valence-electron chi connectivity index (χ1n) is 7.83. The predicted molar refractivity (Wildman–Crippen MR) is 92.2 cm³/mol. The van der Waals surface area contributed by atoms with Gasteiger partial charge in [-0.05, 0) is 25.0 Å². The molecular formula is C18H21N3O3. The second-order valence-corrected chi connectivity index (χ2v) is 5.37. The van der Waals surface area contributed by atoms with E-state index in [2.05, 4.69) is 10.5 Å². The van der Waals surface area contributed by atoms with Gasteiger partial charge in [-0.25, -0.2) is 0 Å². The maximum atomic E-state index is 12.3. The van der Waals surface area contributed by atoms with E-state index in [9.17, 15) is 9.59 Å². The number of hydrogen-bond acceptors (Lipinski definition) is 4. The largest absolute Gasteiger partial charge is 0.360 e. The summed E-state index contributed by atoms with van der Waals surface area (Å²) in [7, 11) is 0. The van der Waals surface area contributed by atoms with Gasteiger partial charge in [-0.15, -0.1) is 0 Å². The first-order chi connectivity index (χ1) is 11.6. The standard InChI is InChI=1S/C18H21N3O3/c1-3-11-21(13-17(22)19-16-12-14(2)24-20-16)18(23)10-9-15-7-5-4-6-8-15/h4-10,12H,3,11,13H2,1-2H3,(H,19,20,22)/b10-9+. The molecule has 0 aliphatic rings. The molecule has 1 aromatic heterocycles. The minimum absolute atomic E-state index is 0.0300. The highest BCUT2D eigenvalue weighted by Crippen LogP contribution is 2.07. The summed E-state index contributed by atoms with van der Waals surface area (Å²) in [6, 6.07) is 11.2. The molecule has 1 heterocycles. The number of benzene rings is 1. The quantitative estimate of drug-likeness (QED) is 0.793. The topological polar surface area (TPSA) is 75.4 Å². The molecule has 0 aliphatic heterocycles. The number of carbonyl (C=O) groups is 2. The van der Waals surface area contributed by atoms with Crippen molar-refractivity contribution in [3.63, 3.8) is 0 Å². The van der Waals surface area contributed by atoms with E-state index < -0.39 is 0 Å². The van der Waals surface area contributed by atoms with E-state index in [1.807, 2.05) is 37.3 Å². The molecule has 0 aliphatic carbocycles. The summed E-state index contributed by atoms with van der Waals surface area (Å²) in [6.07, 6.45) is 3.99. The second-order valence-electron chi connectivity index (χ2n) is 5.37. The Bertz CT molecular complexity index is 707. The first-order valence-corrected chi connectivity index (χ1v) is 7.83. The van der Waals surface area contributed by atoms with Gasteiger partial charge in [0.25, 0.3) is 0 Å². The molecule has 1 aromatic carbocycles. The van der Waals surface area contributed by atoms with Crippen LogP contribution in [0.2, 0.25) is 0 Å². The summed E-state index contributed by atoms with van der Waals surface area (Å²) in [5.74, 6) is 0.448. The van der Waals surface area contributed by atoms with E-state index in [1.165, 1.54) is 11.0 Å². The maximum absolute atomic E-state index is 12.3. The third-order valence-electron chi connectivity index (χ3n) is 3.25. The zero-order valence-corrected chi connectivity index (χ0v) is 13.9. The fourth-order valence-corrected chi connectivity index (χ4v) is 2.16. The summed E-state index contributed by atoms with van der Waals surface area (Å²) in [6.45, 7) is 4.17. The highest BCUT2D eigenvalue weighted by Gasteiger charge is 2.15. The molecule has 6 heteroatoms. The number of nitrogens with one attached hydrogen (secondary N) is 1. The van der Waals surface area contributed by atoms with Crippen LogP contribution in [0.25, 0.3) is 6.08 Å². The molecule has 0 spiro atoms. The molecule has 0 saturated carbocycles. The van der Waals surface area contributed by atoms with Crippen LogP contribution in [0, 0.1) is 6.92 Å². The first kappa shape index (κ1) is 17.5. The Balaban J connectivity index is 1.96. The number of carbonyl (C=O) groups excluding carboxylic acids is 2. The number of anilines is 1. The highest BCUT2D eigenvalue weighted by molar-refractivity contribution is 5.97. The van der Waals surface area contributed by atoms with Crippen LogP contribution in [-0.2, 0) is 9.59 Å². The number of aryl methyl sites for hydroxylation is 1. The molecule has 6 nitrogen and oxygen atoms in total. The SMILES string of the molecule is CCCN(CC(=O)Nc1cc(C)on1)C(=O)/C=C/c1ccccc1. The molecule has 0 fully saturated rings. The molecule has 1 N–H and O–H groups in total. The summed E-state index contributed by atoms with van der Waals surface area (Å²) >= 11 is 0. The Morgan fingerprint density at radius 3 is 2.67 bits per heavy atom. The van der Waals surface area contributed by atoms with Gasteiger partial charge in [-0.1, -0.05) is 42.4 Å². The molecule has 2 amide bonds. The normalized spacial score (nSPS) is 10.8. The lowest BCUT2D eigenvalue weighted by atomic mass is 10.2. The number of hydrogen-bond donors (Lipinski definition) is 1. The minimum Gasteiger partial charge on any atom is -0.360 e. The second kappa shape index (κ2) is 8.67. The van der Waals surface area contributed by atoms with E-state index in [0.717, 1.165) is 12.0 Å². The zero-order chi connectivity index (χ0) is 17.4. The van der Waals surface area contributed by atoms with Gasteiger partial charge >= 0.3 is 0 Å². The van der Waals surface area contributed by atoms with Crippen LogP contribution in [0.4, 0.5) is 5.82 Å². The molecule has 0 radical (unpaired) electrons. The van der Waals surface area contributed by atoms with Crippen molar-refractivity contribution < 1.29 is 14.1 Å². The van der Waals surface area contributed by atoms with E-state index in [-0.39, 0.29) is 18.4 Å². The number of aromatic nitrogens is 1. The molecule has 24 heavy (non-hydrogen) atoms. The molecule has 126 valence electrons. The van der Waals surface area contributed by atoms with Crippen LogP contribution >= 0.6 is 0 Å². The molecule has 0 unspecified atom stereocenters. The van der Waals surface area contributed by atoms with E-state index >= 15 is 0 Å². The maximum Gasteiger partial charge on any atom is 0.247 e. The van der Waals surface area contributed by atoms with Crippen molar-refractivity contribution in [2.24, 2.45) is 0 Å². The Morgan fingerprint density at radius 2 is 2.04 bits per heavy atom. The lowest BCUT2D eigenvalue weighted by molar-refractivity contribution is -0.130. The third kappa shape index (κ3) is 5.39. The smallest absolute Gasteiger partial charge is 0.247 e.